The van der Waals surface area contributed by atoms with E-state index < -0.39 is 11.9 Å². The van der Waals surface area contributed by atoms with Crippen molar-refractivity contribution in [2.24, 2.45) is 0 Å². The fraction of sp³-hybridized carbons (Fsp3) is 0.200. The lowest BCUT2D eigenvalue weighted by molar-refractivity contribution is -0.132. The topological polar surface area (TPSA) is 96.3 Å². The molecule has 0 aliphatic carbocycles. The van der Waals surface area contributed by atoms with Gasteiger partial charge in [-0.25, -0.2) is 9.59 Å². The highest BCUT2D eigenvalue weighted by atomic mass is 16.6. The zero-order valence-electron chi connectivity index (χ0n) is 14.9. The predicted molar refractivity (Wildman–Crippen MR) is 100 cm³/mol. The number of hydrogen-bond acceptors (Lipinski definition) is 5. The van der Waals surface area contributed by atoms with Gasteiger partial charge in [-0.05, 0) is 23.8 Å². The molecule has 0 saturated carbocycles. The molecule has 0 radical (unpaired) electrons. The van der Waals surface area contributed by atoms with Crippen LogP contribution in [0.3, 0.4) is 0 Å². The Morgan fingerprint density at radius 3 is 2.15 bits per heavy atom. The second kappa shape index (κ2) is 7.41. The van der Waals surface area contributed by atoms with Gasteiger partial charge in [-0.3, -0.25) is 0 Å². The minimum Gasteiger partial charge on any atom is -0.486 e. The second-order valence-electron chi connectivity index (χ2n) is 6.13. The zero-order valence-corrected chi connectivity index (χ0v) is 14.9. The van der Waals surface area contributed by atoms with Crippen LogP contribution in [0.15, 0.2) is 42.5 Å². The molecule has 1 aliphatic heterocycles. The van der Waals surface area contributed by atoms with E-state index in [0.29, 0.717) is 36.0 Å². The lowest BCUT2D eigenvalue weighted by Crippen LogP contribution is -2.17. The van der Waals surface area contributed by atoms with Crippen LogP contribution in [0.2, 0.25) is 0 Å². The van der Waals surface area contributed by atoms with Crippen molar-refractivity contribution in [3.05, 3.63) is 53.6 Å². The third kappa shape index (κ3) is 3.57. The van der Waals surface area contributed by atoms with Gasteiger partial charge in [0, 0.05) is 25.3 Å². The van der Waals surface area contributed by atoms with Crippen LogP contribution >= 0.6 is 0 Å². The summed E-state index contributed by atoms with van der Waals surface area (Å²) in [6.45, 7) is 0.752. The average Bonchev–Trinajstić information content (AvgIpc) is 2.65. The molecule has 0 saturated heterocycles. The summed E-state index contributed by atoms with van der Waals surface area (Å²) in [5.74, 6) is -1.77. The maximum atomic E-state index is 12.1. The minimum absolute atomic E-state index is 0.234. The van der Waals surface area contributed by atoms with E-state index in [-0.39, 0.29) is 16.7 Å². The van der Waals surface area contributed by atoms with Crippen molar-refractivity contribution < 1.29 is 29.3 Å². The van der Waals surface area contributed by atoms with Crippen molar-refractivity contribution in [3.63, 3.8) is 0 Å². The molecule has 0 fully saturated rings. The highest BCUT2D eigenvalue weighted by Gasteiger charge is 2.27. The van der Waals surface area contributed by atoms with Crippen molar-refractivity contribution in [3.8, 4) is 11.5 Å². The highest BCUT2D eigenvalue weighted by Crippen LogP contribution is 2.37. The molecule has 0 unspecified atom stereocenters. The minimum atomic E-state index is -1.34. The van der Waals surface area contributed by atoms with Crippen LogP contribution in [0.1, 0.15) is 11.1 Å². The lowest BCUT2D eigenvalue weighted by atomic mass is 9.93. The van der Waals surface area contributed by atoms with Gasteiger partial charge in [-0.2, -0.15) is 0 Å². The molecule has 0 amide bonds. The van der Waals surface area contributed by atoms with Crippen molar-refractivity contribution in [1.29, 1.82) is 0 Å². The molecule has 0 bridgehead atoms. The first-order valence-corrected chi connectivity index (χ1v) is 8.27. The number of anilines is 1. The summed E-state index contributed by atoms with van der Waals surface area (Å²) in [6, 6.07) is 11.4. The predicted octanol–water partition coefficient (Wildman–Crippen LogP) is 2.60. The molecular formula is C20H19NO6. The van der Waals surface area contributed by atoms with Crippen molar-refractivity contribution in [2.45, 2.75) is 0 Å². The van der Waals surface area contributed by atoms with E-state index in [0.717, 1.165) is 0 Å². The lowest BCUT2D eigenvalue weighted by Gasteiger charge is -2.21. The van der Waals surface area contributed by atoms with Crippen LogP contribution in [0.25, 0.3) is 11.1 Å². The molecule has 7 nitrogen and oxygen atoms in total. The van der Waals surface area contributed by atoms with Crippen molar-refractivity contribution >= 4 is 28.8 Å². The summed E-state index contributed by atoms with van der Waals surface area (Å²) >= 11 is 0. The number of ether oxygens (including phenoxy) is 2. The number of benzene rings is 2. The third-order valence-electron chi connectivity index (χ3n) is 4.16. The van der Waals surface area contributed by atoms with E-state index in [9.17, 15) is 19.8 Å². The van der Waals surface area contributed by atoms with Gasteiger partial charge in [-0.15, -0.1) is 0 Å². The van der Waals surface area contributed by atoms with Crippen LogP contribution < -0.4 is 14.4 Å². The zero-order chi connectivity index (χ0) is 19.6. The number of hydrogen-bond donors (Lipinski definition) is 2. The number of nitrogens with zero attached hydrogens (tertiary/aromatic N) is 1. The normalized spacial score (nSPS) is 13.6. The Hall–Kier alpha value is -3.48. The van der Waals surface area contributed by atoms with Crippen LogP contribution in [0.5, 0.6) is 11.5 Å². The van der Waals surface area contributed by atoms with Crippen LogP contribution in [-0.2, 0) is 9.59 Å². The van der Waals surface area contributed by atoms with Gasteiger partial charge in [0.25, 0.3) is 0 Å². The van der Waals surface area contributed by atoms with E-state index in [1.165, 1.54) is 12.1 Å². The summed E-state index contributed by atoms with van der Waals surface area (Å²) in [6.07, 6.45) is 0. The monoisotopic (exact) mass is 369 g/mol. The second-order valence-corrected chi connectivity index (χ2v) is 6.13. The van der Waals surface area contributed by atoms with Gasteiger partial charge in [0.15, 0.2) is 11.5 Å². The third-order valence-corrected chi connectivity index (χ3v) is 4.16. The molecule has 140 valence electrons. The quantitative estimate of drug-likeness (QED) is 0.618. The first kappa shape index (κ1) is 18.3. The van der Waals surface area contributed by atoms with E-state index in [4.69, 9.17) is 9.47 Å². The molecule has 1 heterocycles. The Labute approximate surface area is 156 Å². The van der Waals surface area contributed by atoms with Crippen LogP contribution in [-0.4, -0.2) is 49.5 Å². The molecule has 3 rings (SSSR count). The fourth-order valence-electron chi connectivity index (χ4n) is 3.01. The first-order valence-electron chi connectivity index (χ1n) is 8.27. The molecule has 7 heteroatoms. The molecule has 0 spiro atoms. The SMILES string of the molecule is CN(C)c1ccccc1C(C(=O)O)=C(C(=O)O)c1ccc2c(c1)OCCO2. The van der Waals surface area contributed by atoms with E-state index >= 15 is 0 Å². The van der Waals surface area contributed by atoms with E-state index in [1.807, 2.05) is 0 Å². The summed E-state index contributed by atoms with van der Waals surface area (Å²) in [5, 5.41) is 19.7. The van der Waals surface area contributed by atoms with Crippen LogP contribution in [0, 0.1) is 0 Å². The number of carboxylic acids is 2. The Kier molecular flexibility index (Phi) is 5.03. The largest absolute Gasteiger partial charge is 0.486 e. The Balaban J connectivity index is 2.28. The number of carboxylic acid groups (broad SMARTS) is 2. The number of para-hydroxylation sites is 1. The number of aliphatic carboxylic acids is 2. The molecule has 0 atom stereocenters. The van der Waals surface area contributed by atoms with E-state index in [1.54, 1.807) is 49.3 Å². The van der Waals surface area contributed by atoms with Gasteiger partial charge >= 0.3 is 11.9 Å². The fourth-order valence-corrected chi connectivity index (χ4v) is 3.01. The van der Waals surface area contributed by atoms with Gasteiger partial charge in [0.2, 0.25) is 0 Å². The van der Waals surface area contributed by atoms with Gasteiger partial charge in [0.1, 0.15) is 13.2 Å². The van der Waals surface area contributed by atoms with Crippen molar-refractivity contribution in [2.75, 3.05) is 32.2 Å². The molecule has 2 aromatic rings. The summed E-state index contributed by atoms with van der Waals surface area (Å²) in [7, 11) is 3.53. The standard InChI is InChI=1S/C20H19NO6/c1-21(2)14-6-4-3-5-13(14)18(20(24)25)17(19(22)23)12-7-8-15-16(11-12)27-10-9-26-15/h3-8,11H,9-10H2,1-2H3,(H,22,23)(H,24,25). The Morgan fingerprint density at radius 2 is 1.52 bits per heavy atom. The number of fused-ring (bicyclic) bond motifs is 1. The molecule has 2 N–H and O–H groups in total. The highest BCUT2D eigenvalue weighted by molar-refractivity contribution is 6.37. The van der Waals surface area contributed by atoms with Gasteiger partial charge in [0.05, 0.1) is 11.1 Å². The summed E-state index contributed by atoms with van der Waals surface area (Å²) in [5.41, 5.74) is 0.559. The molecule has 0 aromatic heterocycles. The number of rotatable bonds is 5. The molecule has 1 aliphatic rings. The molecule has 2 aromatic carbocycles. The van der Waals surface area contributed by atoms with Gasteiger partial charge in [-0.1, -0.05) is 24.3 Å². The summed E-state index contributed by atoms with van der Waals surface area (Å²) in [4.78, 5) is 25.9. The Bertz CT molecular complexity index is 932. The molecule has 27 heavy (non-hydrogen) atoms. The van der Waals surface area contributed by atoms with E-state index in [2.05, 4.69) is 0 Å². The Morgan fingerprint density at radius 1 is 0.889 bits per heavy atom. The van der Waals surface area contributed by atoms with Gasteiger partial charge < -0.3 is 24.6 Å². The number of carbonyl (C=O) groups is 2. The summed E-state index contributed by atoms with van der Waals surface area (Å²) < 4.78 is 11.0. The molecular weight excluding hydrogens is 350 g/mol. The smallest absolute Gasteiger partial charge is 0.337 e. The maximum Gasteiger partial charge on any atom is 0.337 e. The van der Waals surface area contributed by atoms with Crippen molar-refractivity contribution in [1.82, 2.24) is 0 Å². The first-order chi connectivity index (χ1) is 12.9. The maximum absolute atomic E-state index is 12.1. The average molecular weight is 369 g/mol. The van der Waals surface area contributed by atoms with Crippen LogP contribution in [0.4, 0.5) is 5.69 Å².